The fraction of sp³-hybridized carbons (Fsp3) is 0.400. The number of nitrogens with zero attached hydrogens (tertiary/aromatic N) is 1. The minimum Gasteiger partial charge on any atom is -0.492 e. The molecule has 10 nitrogen and oxygen atoms in total. The number of hydrogen-bond acceptors (Lipinski definition) is 9. The van der Waals surface area contributed by atoms with Crippen molar-refractivity contribution in [1.82, 2.24) is 9.62 Å². The average molecular weight is 583 g/mol. The van der Waals surface area contributed by atoms with Crippen LogP contribution in [0.15, 0.2) is 71.6 Å². The van der Waals surface area contributed by atoms with Crippen molar-refractivity contribution in [1.29, 1.82) is 0 Å². The largest absolute Gasteiger partial charge is 0.492 e. The first-order valence-corrected chi connectivity index (χ1v) is 15.2. The Kier molecular flexibility index (Phi) is 7.66. The molecule has 4 atom stereocenters. The number of benzene rings is 3. The first kappa shape index (κ1) is 28.0. The van der Waals surface area contributed by atoms with Crippen molar-refractivity contribution in [2.24, 2.45) is 5.41 Å². The number of sulfonamides is 1. The molecule has 1 saturated carbocycles. The Morgan fingerprint density at radius 1 is 0.878 bits per heavy atom. The van der Waals surface area contributed by atoms with E-state index >= 15 is 0 Å². The molecule has 0 amide bonds. The molecule has 3 aliphatic rings. The van der Waals surface area contributed by atoms with Gasteiger partial charge in [-0.15, -0.1) is 0 Å². The van der Waals surface area contributed by atoms with Gasteiger partial charge in [0.1, 0.15) is 10.6 Å². The molecule has 2 heterocycles. The Hall–Kier alpha value is -3.19. The first-order valence-electron chi connectivity index (χ1n) is 13.7. The van der Waals surface area contributed by atoms with Gasteiger partial charge in [0.05, 0.1) is 24.9 Å². The van der Waals surface area contributed by atoms with E-state index in [-0.39, 0.29) is 50.0 Å². The van der Waals surface area contributed by atoms with Crippen molar-refractivity contribution < 1.29 is 37.9 Å². The summed E-state index contributed by atoms with van der Waals surface area (Å²) in [6.45, 7) is 0.866. The minimum atomic E-state index is -4.03. The van der Waals surface area contributed by atoms with E-state index in [9.17, 15) is 23.7 Å². The van der Waals surface area contributed by atoms with E-state index in [1.165, 1.54) is 6.07 Å². The van der Waals surface area contributed by atoms with Crippen molar-refractivity contribution in [3.8, 4) is 28.4 Å². The number of aliphatic hydroxyl groups is 3. The summed E-state index contributed by atoms with van der Waals surface area (Å²) in [6.07, 6.45) is -2.41. The predicted octanol–water partition coefficient (Wildman–Crippen LogP) is 2.12. The summed E-state index contributed by atoms with van der Waals surface area (Å²) in [5.74, 6) is 1.44. The van der Waals surface area contributed by atoms with Crippen LogP contribution >= 0.6 is 0 Å². The first-order chi connectivity index (χ1) is 19.7. The van der Waals surface area contributed by atoms with Crippen LogP contribution in [0.4, 0.5) is 0 Å². The van der Waals surface area contributed by atoms with Crippen LogP contribution in [0, 0.1) is 5.41 Å². The van der Waals surface area contributed by atoms with Gasteiger partial charge in [-0.1, -0.05) is 48.5 Å². The van der Waals surface area contributed by atoms with Gasteiger partial charge in [0.25, 0.3) is 0 Å². The van der Waals surface area contributed by atoms with Crippen molar-refractivity contribution in [2.75, 3.05) is 33.0 Å². The normalized spacial score (nSPS) is 27.9. The van der Waals surface area contributed by atoms with Gasteiger partial charge in [0.15, 0.2) is 11.5 Å². The Morgan fingerprint density at radius 2 is 1.66 bits per heavy atom. The lowest BCUT2D eigenvalue weighted by Crippen LogP contribution is -2.46. The predicted molar refractivity (Wildman–Crippen MR) is 150 cm³/mol. The highest BCUT2D eigenvalue weighted by Gasteiger charge is 2.46. The second-order valence-corrected chi connectivity index (χ2v) is 12.9. The van der Waals surface area contributed by atoms with E-state index < -0.39 is 33.8 Å². The molecule has 0 saturated heterocycles. The van der Waals surface area contributed by atoms with Crippen LogP contribution in [0.2, 0.25) is 0 Å². The molecule has 1 aliphatic carbocycles. The molecular weight excluding hydrogens is 548 g/mol. The van der Waals surface area contributed by atoms with Crippen LogP contribution in [0.3, 0.4) is 0 Å². The summed E-state index contributed by atoms with van der Waals surface area (Å²) in [4.78, 5) is 1.96. The molecule has 3 aromatic carbocycles. The number of para-hydroxylation sites is 1. The number of aliphatic hydroxyl groups excluding tert-OH is 3. The smallest absolute Gasteiger partial charge is 0.244 e. The van der Waals surface area contributed by atoms with Gasteiger partial charge >= 0.3 is 0 Å². The summed E-state index contributed by atoms with van der Waals surface area (Å²) in [5, 5.41) is 32.2. The summed E-state index contributed by atoms with van der Waals surface area (Å²) in [7, 11) is -4.03. The van der Waals surface area contributed by atoms with Crippen molar-refractivity contribution in [2.45, 2.75) is 42.6 Å². The Balaban J connectivity index is 1.37. The van der Waals surface area contributed by atoms with Gasteiger partial charge < -0.3 is 29.5 Å². The fourth-order valence-electron chi connectivity index (χ4n) is 6.08. The molecule has 1 unspecified atom stereocenters. The van der Waals surface area contributed by atoms with Crippen LogP contribution in [-0.4, -0.2) is 80.0 Å². The standard InChI is InChI=1S/C30H34N2O8S/c33-23-14-31-41(36,37)28-10-9-21(20-5-2-1-3-6-20)11-27(28)38-18-30(12-24(34)25(35)13-30)17-32(16-23)15-22-7-4-8-26-29(22)40-19-39-26/h1-11,23-25,31,33-35H,12-19H2/t23-,24-,25+,30?/m0/s1. The van der Waals surface area contributed by atoms with E-state index in [1.807, 2.05) is 53.4 Å². The molecular formula is C30H34N2O8S. The molecule has 11 heteroatoms. The molecule has 0 radical (unpaired) electrons. The zero-order valence-corrected chi connectivity index (χ0v) is 23.3. The summed E-state index contributed by atoms with van der Waals surface area (Å²) >= 11 is 0. The number of nitrogens with one attached hydrogen (secondary N) is 1. The molecule has 1 fully saturated rings. The van der Waals surface area contributed by atoms with Crippen LogP contribution < -0.4 is 18.9 Å². The maximum Gasteiger partial charge on any atom is 0.244 e. The van der Waals surface area contributed by atoms with Crippen molar-refractivity contribution in [3.63, 3.8) is 0 Å². The van der Waals surface area contributed by atoms with Crippen molar-refractivity contribution in [3.05, 3.63) is 72.3 Å². The van der Waals surface area contributed by atoms with Crippen LogP contribution in [0.5, 0.6) is 17.2 Å². The topological polar surface area (TPSA) is 138 Å². The van der Waals surface area contributed by atoms with E-state index in [0.717, 1.165) is 16.7 Å². The van der Waals surface area contributed by atoms with Crippen LogP contribution in [0.25, 0.3) is 11.1 Å². The van der Waals surface area contributed by atoms with Gasteiger partial charge in [-0.05, 0) is 42.2 Å². The molecule has 0 bridgehead atoms. The second kappa shape index (κ2) is 11.2. The monoisotopic (exact) mass is 582 g/mol. The lowest BCUT2D eigenvalue weighted by atomic mass is 9.85. The SMILES string of the molecule is O=S1(=O)NC[C@H](O)CN(Cc2cccc3c2OCO3)CC2(COc3cc(-c4ccccc4)ccc31)C[C@@H](O)[C@@H](O)C2. The third-order valence-corrected chi connectivity index (χ3v) is 9.47. The molecule has 41 heavy (non-hydrogen) atoms. The highest BCUT2D eigenvalue weighted by Crippen LogP contribution is 2.42. The summed E-state index contributed by atoms with van der Waals surface area (Å²) < 4.78 is 46.9. The molecule has 0 aromatic heterocycles. The number of β-amino-alcohol motifs (C(OH)–C–C–N with tert-alkyl or cyclic N) is 1. The second-order valence-electron chi connectivity index (χ2n) is 11.2. The van der Waals surface area contributed by atoms with E-state index in [2.05, 4.69) is 4.72 Å². The van der Waals surface area contributed by atoms with E-state index in [0.29, 0.717) is 24.6 Å². The van der Waals surface area contributed by atoms with Crippen LogP contribution in [-0.2, 0) is 16.6 Å². The third-order valence-electron chi connectivity index (χ3n) is 8.01. The lowest BCUT2D eigenvalue weighted by molar-refractivity contribution is 0.0423. The Morgan fingerprint density at radius 3 is 2.44 bits per heavy atom. The maximum absolute atomic E-state index is 13.4. The van der Waals surface area contributed by atoms with Crippen molar-refractivity contribution >= 4 is 10.0 Å². The van der Waals surface area contributed by atoms with Gasteiger partial charge in [0, 0.05) is 37.2 Å². The summed E-state index contributed by atoms with van der Waals surface area (Å²) in [5.41, 5.74) is 1.83. The lowest BCUT2D eigenvalue weighted by Gasteiger charge is -2.37. The number of rotatable bonds is 3. The Bertz CT molecular complexity index is 1490. The zero-order chi connectivity index (χ0) is 28.6. The number of hydrogen-bond donors (Lipinski definition) is 4. The average Bonchev–Trinajstić information content (AvgIpc) is 3.55. The maximum atomic E-state index is 13.4. The summed E-state index contributed by atoms with van der Waals surface area (Å²) in [6, 6.07) is 20.1. The number of ether oxygens (including phenoxy) is 3. The van der Waals surface area contributed by atoms with E-state index in [1.54, 1.807) is 12.1 Å². The Labute approximate surface area is 239 Å². The molecule has 3 aromatic rings. The molecule has 218 valence electrons. The third kappa shape index (κ3) is 5.92. The molecule has 2 aliphatic heterocycles. The quantitative estimate of drug-likeness (QED) is 0.366. The van der Waals surface area contributed by atoms with E-state index in [4.69, 9.17) is 14.2 Å². The van der Waals surface area contributed by atoms with Gasteiger partial charge in [0.2, 0.25) is 16.8 Å². The molecule has 4 N–H and O–H groups in total. The molecule has 6 rings (SSSR count). The van der Waals surface area contributed by atoms with Gasteiger partial charge in [-0.2, -0.15) is 0 Å². The highest BCUT2D eigenvalue weighted by molar-refractivity contribution is 7.89. The highest BCUT2D eigenvalue weighted by atomic mass is 32.2. The van der Waals surface area contributed by atoms with Gasteiger partial charge in [-0.25, -0.2) is 13.1 Å². The number of fused-ring (bicyclic) bond motifs is 2. The van der Waals surface area contributed by atoms with Crippen LogP contribution in [0.1, 0.15) is 18.4 Å². The minimum absolute atomic E-state index is 0.0342. The zero-order valence-electron chi connectivity index (χ0n) is 22.5. The molecule has 1 spiro atoms. The van der Waals surface area contributed by atoms with Gasteiger partial charge in [-0.3, -0.25) is 4.90 Å². The fourth-order valence-corrected chi connectivity index (χ4v) is 7.28.